The van der Waals surface area contributed by atoms with Gasteiger partial charge < -0.3 is 19.3 Å². The number of sulfonamides is 1. The molecule has 2 aliphatic rings. The Hall–Kier alpha value is -2.40. The van der Waals surface area contributed by atoms with Crippen molar-refractivity contribution in [1.82, 2.24) is 14.1 Å². The molecule has 202 valence electrons. The molecule has 0 aliphatic carbocycles. The molecule has 2 heterocycles. The van der Waals surface area contributed by atoms with E-state index < -0.39 is 21.2 Å². The lowest BCUT2D eigenvalue weighted by molar-refractivity contribution is -0.142. The summed E-state index contributed by atoms with van der Waals surface area (Å²) in [5.41, 5.74) is -1.17. The maximum Gasteiger partial charge on any atom is 0.410 e. The maximum absolute atomic E-state index is 13.3. The Bertz CT molecular complexity index is 1280. The quantitative estimate of drug-likeness (QED) is 0.561. The molecule has 2 amide bonds. The predicted molar refractivity (Wildman–Crippen MR) is 141 cm³/mol. The van der Waals surface area contributed by atoms with Crippen molar-refractivity contribution in [2.45, 2.75) is 49.7 Å². The molecule has 0 bridgehead atoms. The number of hydrogen-bond donors (Lipinski definition) is 0. The van der Waals surface area contributed by atoms with Crippen LogP contribution in [0, 0.1) is 0 Å². The van der Waals surface area contributed by atoms with E-state index in [0.717, 1.165) is 10.8 Å². The number of carbonyl (C=O) groups is 2. The number of piperidine rings is 1. The zero-order valence-electron chi connectivity index (χ0n) is 21.7. The number of ether oxygens (including phenoxy) is 2. The van der Waals surface area contributed by atoms with Crippen LogP contribution in [0.2, 0.25) is 5.02 Å². The highest BCUT2D eigenvalue weighted by molar-refractivity contribution is 7.89. The third kappa shape index (κ3) is 6.19. The first-order valence-corrected chi connectivity index (χ1v) is 14.1. The molecule has 11 heteroatoms. The summed E-state index contributed by atoms with van der Waals surface area (Å²) in [6.07, 6.45) is 0.745. The molecule has 0 N–H and O–H groups in total. The second kappa shape index (κ2) is 10.4. The fourth-order valence-electron chi connectivity index (χ4n) is 4.76. The SMILES string of the molecule is COC1(CN2CCN(S(=O)(=O)c3ccc4cc(Cl)ccc4c3)CC2=O)CCN(C(=O)OC(C)(C)C)CC1. The topological polar surface area (TPSA) is 96.5 Å². The number of fused-ring (bicyclic) bond motifs is 1. The standard InChI is InChI=1S/C26H34ClN3O6S/c1-25(2,3)36-24(32)28-11-9-26(35-4,10-12-28)18-29-13-14-30(17-23(29)31)37(33,34)22-8-6-19-15-21(27)7-5-20(19)16-22/h5-8,15-16H,9-14,17-18H2,1-4H3. The number of nitrogens with zero attached hydrogens (tertiary/aromatic N) is 3. The highest BCUT2D eigenvalue weighted by Gasteiger charge is 2.41. The van der Waals surface area contributed by atoms with Gasteiger partial charge in [-0.05, 0) is 68.7 Å². The molecule has 2 aromatic rings. The second-order valence-corrected chi connectivity index (χ2v) is 13.0. The van der Waals surface area contributed by atoms with Gasteiger partial charge >= 0.3 is 6.09 Å². The maximum atomic E-state index is 13.3. The van der Waals surface area contributed by atoms with E-state index in [1.165, 1.54) is 4.31 Å². The van der Waals surface area contributed by atoms with Crippen molar-refractivity contribution < 1.29 is 27.5 Å². The molecule has 0 aromatic heterocycles. The fourth-order valence-corrected chi connectivity index (χ4v) is 6.36. The van der Waals surface area contributed by atoms with E-state index in [0.29, 0.717) is 37.5 Å². The molecular weight excluding hydrogens is 518 g/mol. The van der Waals surface area contributed by atoms with E-state index in [2.05, 4.69) is 0 Å². The van der Waals surface area contributed by atoms with Crippen molar-refractivity contribution in [1.29, 1.82) is 0 Å². The van der Waals surface area contributed by atoms with Crippen LogP contribution in [-0.2, 0) is 24.3 Å². The van der Waals surface area contributed by atoms with E-state index in [4.69, 9.17) is 21.1 Å². The Morgan fingerprint density at radius 2 is 1.68 bits per heavy atom. The monoisotopic (exact) mass is 551 g/mol. The Labute approximate surface area is 223 Å². The van der Waals surface area contributed by atoms with Gasteiger partial charge in [-0.15, -0.1) is 0 Å². The summed E-state index contributed by atoms with van der Waals surface area (Å²) in [4.78, 5) is 28.9. The van der Waals surface area contributed by atoms with Crippen LogP contribution < -0.4 is 0 Å². The first-order chi connectivity index (χ1) is 17.3. The Morgan fingerprint density at radius 3 is 2.30 bits per heavy atom. The van der Waals surface area contributed by atoms with Gasteiger partial charge in [0.15, 0.2) is 0 Å². The summed E-state index contributed by atoms with van der Waals surface area (Å²) in [6.45, 7) is 6.97. The Morgan fingerprint density at radius 1 is 1.03 bits per heavy atom. The van der Waals surface area contributed by atoms with Crippen LogP contribution in [0.3, 0.4) is 0 Å². The second-order valence-electron chi connectivity index (χ2n) is 10.7. The van der Waals surface area contributed by atoms with Gasteiger partial charge in [0.25, 0.3) is 0 Å². The number of carbonyl (C=O) groups excluding carboxylic acids is 2. The summed E-state index contributed by atoms with van der Waals surface area (Å²) in [5, 5.41) is 2.18. The summed E-state index contributed by atoms with van der Waals surface area (Å²) in [6, 6.07) is 10.1. The van der Waals surface area contributed by atoms with Gasteiger partial charge in [0, 0.05) is 44.9 Å². The molecule has 2 fully saturated rings. The van der Waals surface area contributed by atoms with Crippen molar-refractivity contribution in [2.24, 2.45) is 0 Å². The molecule has 2 aliphatic heterocycles. The van der Waals surface area contributed by atoms with Crippen molar-refractivity contribution in [3.05, 3.63) is 41.4 Å². The van der Waals surface area contributed by atoms with E-state index in [-0.39, 0.29) is 36.5 Å². The summed E-state index contributed by atoms with van der Waals surface area (Å²) < 4.78 is 39.2. The first-order valence-electron chi connectivity index (χ1n) is 12.3. The van der Waals surface area contributed by atoms with Crippen LogP contribution in [-0.4, -0.2) is 92.1 Å². The lowest BCUT2D eigenvalue weighted by atomic mass is 9.90. The van der Waals surface area contributed by atoms with E-state index in [1.807, 2.05) is 20.8 Å². The largest absolute Gasteiger partial charge is 0.444 e. The molecule has 0 saturated carbocycles. The molecule has 2 saturated heterocycles. The number of methoxy groups -OCH3 is 1. The van der Waals surface area contributed by atoms with Crippen molar-refractivity contribution in [2.75, 3.05) is 46.4 Å². The van der Waals surface area contributed by atoms with Crippen LogP contribution >= 0.6 is 11.6 Å². The fraction of sp³-hybridized carbons (Fsp3) is 0.538. The number of hydrogen-bond acceptors (Lipinski definition) is 6. The van der Waals surface area contributed by atoms with Crippen LogP contribution in [0.15, 0.2) is 41.3 Å². The third-order valence-electron chi connectivity index (χ3n) is 6.93. The van der Waals surface area contributed by atoms with Gasteiger partial charge in [-0.1, -0.05) is 23.7 Å². The van der Waals surface area contributed by atoms with Crippen LogP contribution in [0.5, 0.6) is 0 Å². The minimum Gasteiger partial charge on any atom is -0.444 e. The Kier molecular flexibility index (Phi) is 7.77. The van der Waals surface area contributed by atoms with Crippen molar-refractivity contribution in [3.63, 3.8) is 0 Å². The van der Waals surface area contributed by atoms with E-state index in [1.54, 1.807) is 53.3 Å². The minimum absolute atomic E-state index is 0.145. The van der Waals surface area contributed by atoms with E-state index in [9.17, 15) is 18.0 Å². The zero-order valence-corrected chi connectivity index (χ0v) is 23.3. The number of halogens is 1. The molecule has 37 heavy (non-hydrogen) atoms. The molecule has 0 atom stereocenters. The van der Waals surface area contributed by atoms with Crippen molar-refractivity contribution in [3.8, 4) is 0 Å². The molecule has 9 nitrogen and oxygen atoms in total. The highest BCUT2D eigenvalue weighted by atomic mass is 35.5. The third-order valence-corrected chi connectivity index (χ3v) is 9.01. The van der Waals surface area contributed by atoms with Gasteiger partial charge in [0.1, 0.15) is 5.60 Å². The number of amides is 2. The van der Waals surface area contributed by atoms with Crippen LogP contribution in [0.4, 0.5) is 4.79 Å². The first kappa shape index (κ1) is 27.6. The molecular formula is C26H34ClN3O6S. The summed E-state index contributed by atoms with van der Waals surface area (Å²) in [5.74, 6) is -0.270. The van der Waals surface area contributed by atoms with Crippen LogP contribution in [0.1, 0.15) is 33.6 Å². The predicted octanol–water partition coefficient (Wildman–Crippen LogP) is 3.74. The van der Waals surface area contributed by atoms with Gasteiger partial charge in [0.05, 0.1) is 17.0 Å². The number of rotatable bonds is 5. The molecule has 4 rings (SSSR count). The van der Waals surface area contributed by atoms with Gasteiger partial charge in [-0.2, -0.15) is 4.31 Å². The number of piperazine rings is 1. The zero-order chi connectivity index (χ0) is 27.0. The average molecular weight is 552 g/mol. The minimum atomic E-state index is -3.84. The normalized spacial score (nSPS) is 19.3. The van der Waals surface area contributed by atoms with Gasteiger partial charge in [-0.3, -0.25) is 4.79 Å². The average Bonchev–Trinajstić information content (AvgIpc) is 2.84. The van der Waals surface area contributed by atoms with Gasteiger partial charge in [0.2, 0.25) is 15.9 Å². The lowest BCUT2D eigenvalue weighted by Gasteiger charge is -2.44. The van der Waals surface area contributed by atoms with Crippen molar-refractivity contribution >= 4 is 44.4 Å². The summed E-state index contributed by atoms with van der Waals surface area (Å²) in [7, 11) is -2.23. The Balaban J connectivity index is 1.39. The van der Waals surface area contributed by atoms with E-state index >= 15 is 0 Å². The lowest BCUT2D eigenvalue weighted by Crippen LogP contribution is -2.59. The molecule has 2 aromatic carbocycles. The van der Waals surface area contributed by atoms with Crippen LogP contribution in [0.25, 0.3) is 10.8 Å². The summed E-state index contributed by atoms with van der Waals surface area (Å²) >= 11 is 6.03. The molecule has 0 radical (unpaired) electrons. The highest BCUT2D eigenvalue weighted by Crippen LogP contribution is 2.30. The molecule has 0 spiro atoms. The smallest absolute Gasteiger partial charge is 0.410 e. The van der Waals surface area contributed by atoms with Gasteiger partial charge in [-0.25, -0.2) is 13.2 Å². The number of likely N-dealkylation sites (tertiary alicyclic amines) is 1. The molecule has 0 unspecified atom stereocenters. The number of benzene rings is 2.